The second-order valence-electron chi connectivity index (χ2n) is 5.92. The SMILES string of the molecule is O=C(O)[C@H]1CNC[C@@H](CCN/N=C/c2ccc(-c3ccn[nH]3)o2)C1. The predicted octanol–water partition coefficient (Wildman–Crippen LogP) is 1.29. The van der Waals surface area contributed by atoms with Gasteiger partial charge in [-0.15, -0.1) is 0 Å². The van der Waals surface area contributed by atoms with E-state index in [1.54, 1.807) is 12.4 Å². The van der Waals surface area contributed by atoms with Crippen LogP contribution in [0.4, 0.5) is 0 Å². The van der Waals surface area contributed by atoms with Crippen molar-refractivity contribution in [1.29, 1.82) is 0 Å². The van der Waals surface area contributed by atoms with Crippen LogP contribution in [0, 0.1) is 11.8 Å². The van der Waals surface area contributed by atoms with Crippen molar-refractivity contribution in [3.8, 4) is 11.5 Å². The molecule has 0 saturated carbocycles. The molecule has 0 amide bonds. The zero-order valence-electron chi connectivity index (χ0n) is 13.2. The second-order valence-corrected chi connectivity index (χ2v) is 5.92. The van der Waals surface area contributed by atoms with Crippen molar-refractivity contribution in [2.75, 3.05) is 19.6 Å². The zero-order valence-corrected chi connectivity index (χ0v) is 13.2. The average molecular weight is 331 g/mol. The number of aliphatic carboxylic acids is 1. The van der Waals surface area contributed by atoms with Gasteiger partial charge in [0, 0.05) is 19.3 Å². The number of carboxylic acids is 1. The number of nitrogens with zero attached hydrogens (tertiary/aromatic N) is 2. The highest BCUT2D eigenvalue weighted by molar-refractivity contribution is 5.76. The first-order valence-corrected chi connectivity index (χ1v) is 8.01. The highest BCUT2D eigenvalue weighted by Gasteiger charge is 2.26. The van der Waals surface area contributed by atoms with E-state index in [1.807, 2.05) is 18.2 Å². The first kappa shape index (κ1) is 16.3. The lowest BCUT2D eigenvalue weighted by Crippen LogP contribution is -2.40. The van der Waals surface area contributed by atoms with Gasteiger partial charge in [0.1, 0.15) is 11.5 Å². The first-order chi connectivity index (χ1) is 11.7. The number of hydrogen-bond donors (Lipinski definition) is 4. The molecule has 0 aromatic carbocycles. The third-order valence-electron chi connectivity index (χ3n) is 4.13. The molecule has 8 heteroatoms. The zero-order chi connectivity index (χ0) is 16.8. The van der Waals surface area contributed by atoms with E-state index >= 15 is 0 Å². The Hall–Kier alpha value is -2.61. The standard InChI is InChI=1S/C16H21N5O3/c22-16(23)12-7-11(8-17-9-12)3-5-18-20-10-13-1-2-15(24-13)14-4-6-19-21-14/h1-2,4,6,10-12,17-18H,3,5,7-9H2,(H,19,21)(H,22,23)/b20-10+/t11-,12+/m0/s1. The Morgan fingerprint density at radius 1 is 1.46 bits per heavy atom. The van der Waals surface area contributed by atoms with Crippen molar-refractivity contribution in [2.24, 2.45) is 16.9 Å². The number of nitrogens with one attached hydrogen (secondary N) is 3. The van der Waals surface area contributed by atoms with Gasteiger partial charge in [-0.25, -0.2) is 0 Å². The van der Waals surface area contributed by atoms with Gasteiger partial charge in [-0.3, -0.25) is 9.89 Å². The van der Waals surface area contributed by atoms with Gasteiger partial charge < -0.3 is 20.3 Å². The van der Waals surface area contributed by atoms with Gasteiger partial charge >= 0.3 is 5.97 Å². The third kappa shape index (κ3) is 4.23. The van der Waals surface area contributed by atoms with E-state index in [1.165, 1.54) is 0 Å². The maximum Gasteiger partial charge on any atom is 0.307 e. The molecule has 0 spiro atoms. The molecule has 3 heterocycles. The van der Waals surface area contributed by atoms with Crippen LogP contribution in [0.3, 0.4) is 0 Å². The smallest absolute Gasteiger partial charge is 0.307 e. The minimum absolute atomic E-state index is 0.281. The van der Waals surface area contributed by atoms with Crippen LogP contribution < -0.4 is 10.7 Å². The molecule has 2 aromatic rings. The van der Waals surface area contributed by atoms with Crippen molar-refractivity contribution in [2.45, 2.75) is 12.8 Å². The molecule has 1 saturated heterocycles. The Bertz CT molecular complexity index is 680. The minimum atomic E-state index is -0.718. The molecule has 1 fully saturated rings. The highest BCUT2D eigenvalue weighted by atomic mass is 16.4. The molecule has 3 rings (SSSR count). The lowest BCUT2D eigenvalue weighted by Gasteiger charge is -2.27. The summed E-state index contributed by atoms with van der Waals surface area (Å²) in [6, 6.07) is 5.53. The number of rotatable bonds is 7. The van der Waals surface area contributed by atoms with Crippen LogP contribution in [0.15, 0.2) is 33.9 Å². The molecule has 1 aliphatic rings. The maximum atomic E-state index is 11.0. The summed E-state index contributed by atoms with van der Waals surface area (Å²) in [5.74, 6) is 0.720. The molecule has 0 bridgehead atoms. The number of hydrogen-bond acceptors (Lipinski definition) is 6. The number of hydrazone groups is 1. The normalized spacial score (nSPS) is 21.2. The molecular formula is C16H21N5O3. The number of furan rings is 1. The number of H-pyrrole nitrogens is 1. The van der Waals surface area contributed by atoms with Crippen molar-refractivity contribution >= 4 is 12.2 Å². The maximum absolute atomic E-state index is 11.0. The van der Waals surface area contributed by atoms with E-state index < -0.39 is 5.97 Å². The number of carbonyl (C=O) groups is 1. The van der Waals surface area contributed by atoms with Gasteiger partial charge in [0.25, 0.3) is 0 Å². The third-order valence-corrected chi connectivity index (χ3v) is 4.13. The summed E-state index contributed by atoms with van der Waals surface area (Å²) in [6.07, 6.45) is 4.90. The fourth-order valence-corrected chi connectivity index (χ4v) is 2.84. The summed E-state index contributed by atoms with van der Waals surface area (Å²) in [7, 11) is 0. The van der Waals surface area contributed by atoms with E-state index in [0.717, 1.165) is 25.1 Å². The van der Waals surface area contributed by atoms with Crippen LogP contribution in [0.5, 0.6) is 0 Å². The van der Waals surface area contributed by atoms with Gasteiger partial charge in [0.15, 0.2) is 5.76 Å². The Balaban J connectivity index is 1.40. The molecule has 0 radical (unpaired) electrons. The predicted molar refractivity (Wildman–Crippen MR) is 88.6 cm³/mol. The molecule has 24 heavy (non-hydrogen) atoms. The van der Waals surface area contributed by atoms with E-state index in [-0.39, 0.29) is 5.92 Å². The Morgan fingerprint density at radius 3 is 3.17 bits per heavy atom. The quantitative estimate of drug-likeness (QED) is 0.345. The Kier molecular flexibility index (Phi) is 5.27. The monoisotopic (exact) mass is 331 g/mol. The van der Waals surface area contributed by atoms with Crippen molar-refractivity contribution in [1.82, 2.24) is 20.9 Å². The fourth-order valence-electron chi connectivity index (χ4n) is 2.84. The molecular weight excluding hydrogens is 310 g/mol. The molecule has 8 nitrogen and oxygen atoms in total. The lowest BCUT2D eigenvalue weighted by atomic mass is 9.88. The van der Waals surface area contributed by atoms with Gasteiger partial charge in [-0.1, -0.05) is 0 Å². The number of carboxylic acid groups (broad SMARTS) is 1. The van der Waals surface area contributed by atoms with Gasteiger partial charge in [0.05, 0.1) is 12.1 Å². The fraction of sp³-hybridized carbons (Fsp3) is 0.438. The van der Waals surface area contributed by atoms with E-state index in [2.05, 4.69) is 26.0 Å². The summed E-state index contributed by atoms with van der Waals surface area (Å²) in [5, 5.41) is 23.1. The van der Waals surface area contributed by atoms with E-state index in [9.17, 15) is 4.79 Å². The number of aromatic nitrogens is 2. The molecule has 0 unspecified atom stereocenters. The molecule has 4 N–H and O–H groups in total. The van der Waals surface area contributed by atoms with Crippen molar-refractivity contribution in [3.05, 3.63) is 30.2 Å². The Morgan fingerprint density at radius 2 is 2.38 bits per heavy atom. The molecule has 0 aliphatic carbocycles. The van der Waals surface area contributed by atoms with Gasteiger partial charge in [-0.2, -0.15) is 10.2 Å². The van der Waals surface area contributed by atoms with Crippen molar-refractivity contribution < 1.29 is 14.3 Å². The minimum Gasteiger partial charge on any atom is -0.481 e. The van der Waals surface area contributed by atoms with Gasteiger partial charge in [0.2, 0.25) is 0 Å². The molecule has 1 aliphatic heterocycles. The van der Waals surface area contributed by atoms with Crippen LogP contribution in [0.25, 0.3) is 11.5 Å². The molecule has 128 valence electrons. The van der Waals surface area contributed by atoms with Crippen LogP contribution in [0.2, 0.25) is 0 Å². The first-order valence-electron chi connectivity index (χ1n) is 8.01. The second kappa shape index (κ2) is 7.78. The van der Waals surface area contributed by atoms with Crippen LogP contribution in [-0.4, -0.2) is 47.1 Å². The van der Waals surface area contributed by atoms with Crippen LogP contribution in [-0.2, 0) is 4.79 Å². The topological polar surface area (TPSA) is 116 Å². The summed E-state index contributed by atoms with van der Waals surface area (Å²) < 4.78 is 5.63. The molecule has 2 atom stereocenters. The van der Waals surface area contributed by atoms with Crippen molar-refractivity contribution in [3.63, 3.8) is 0 Å². The number of aromatic amines is 1. The van der Waals surface area contributed by atoms with E-state index in [0.29, 0.717) is 30.5 Å². The summed E-state index contributed by atoms with van der Waals surface area (Å²) in [6.45, 7) is 2.12. The van der Waals surface area contributed by atoms with Gasteiger partial charge in [-0.05, 0) is 43.5 Å². The summed E-state index contributed by atoms with van der Waals surface area (Å²) >= 11 is 0. The largest absolute Gasteiger partial charge is 0.481 e. The highest BCUT2D eigenvalue weighted by Crippen LogP contribution is 2.19. The average Bonchev–Trinajstić information content (AvgIpc) is 3.26. The Labute approximate surface area is 139 Å². The number of piperidine rings is 1. The lowest BCUT2D eigenvalue weighted by molar-refractivity contribution is -0.142. The van der Waals surface area contributed by atoms with Crippen LogP contribution >= 0.6 is 0 Å². The summed E-state index contributed by atoms with van der Waals surface area (Å²) in [5.41, 5.74) is 3.80. The van der Waals surface area contributed by atoms with E-state index in [4.69, 9.17) is 9.52 Å². The van der Waals surface area contributed by atoms with Crippen LogP contribution in [0.1, 0.15) is 18.6 Å². The molecule has 2 aromatic heterocycles. The summed E-state index contributed by atoms with van der Waals surface area (Å²) in [4.78, 5) is 11.0.